The van der Waals surface area contributed by atoms with Crippen molar-refractivity contribution in [2.24, 2.45) is 0 Å². The third-order valence-electron chi connectivity index (χ3n) is 4.83. The first-order valence-corrected chi connectivity index (χ1v) is 9.09. The average Bonchev–Trinajstić information content (AvgIpc) is 3.12. The molecule has 0 radical (unpaired) electrons. The van der Waals surface area contributed by atoms with Crippen LogP contribution in [-0.4, -0.2) is 12.5 Å². The molecule has 4 rings (SSSR count). The Labute approximate surface area is 154 Å². The Balaban J connectivity index is 1.37. The summed E-state index contributed by atoms with van der Waals surface area (Å²) < 4.78 is 0. The fraction of sp³-hybridized carbons (Fsp3) is 0.174. The summed E-state index contributed by atoms with van der Waals surface area (Å²) in [6.07, 6.45) is 2.33. The first-order chi connectivity index (χ1) is 12.8. The van der Waals surface area contributed by atoms with E-state index in [4.69, 9.17) is 0 Å². The second-order valence-electron chi connectivity index (χ2n) is 6.61. The van der Waals surface area contributed by atoms with E-state index in [2.05, 4.69) is 58.7 Å². The van der Waals surface area contributed by atoms with E-state index in [1.807, 2.05) is 30.3 Å². The van der Waals surface area contributed by atoms with Crippen molar-refractivity contribution < 1.29 is 4.79 Å². The van der Waals surface area contributed by atoms with Crippen molar-refractivity contribution >= 4 is 23.0 Å². The van der Waals surface area contributed by atoms with Gasteiger partial charge in [0.15, 0.2) is 0 Å². The van der Waals surface area contributed by atoms with E-state index in [-0.39, 0.29) is 5.91 Å². The molecule has 130 valence electrons. The molecule has 0 saturated heterocycles. The van der Waals surface area contributed by atoms with Crippen LogP contribution in [0.25, 0.3) is 0 Å². The summed E-state index contributed by atoms with van der Waals surface area (Å²) >= 11 is 0. The monoisotopic (exact) mass is 342 g/mol. The van der Waals surface area contributed by atoms with Crippen molar-refractivity contribution in [1.82, 2.24) is 0 Å². The molecule has 3 heteroatoms. The Morgan fingerprint density at radius 3 is 2.42 bits per heavy atom. The highest BCUT2D eigenvalue weighted by Gasteiger charge is 2.19. The van der Waals surface area contributed by atoms with Crippen LogP contribution in [0, 0.1) is 0 Å². The van der Waals surface area contributed by atoms with Crippen LogP contribution in [0.1, 0.15) is 17.5 Å². The summed E-state index contributed by atoms with van der Waals surface area (Å²) in [7, 11) is 0. The summed E-state index contributed by atoms with van der Waals surface area (Å²) in [5.74, 6) is 0.0492. The zero-order valence-electron chi connectivity index (χ0n) is 14.7. The van der Waals surface area contributed by atoms with Crippen LogP contribution in [0.4, 0.5) is 17.1 Å². The van der Waals surface area contributed by atoms with E-state index in [1.54, 1.807) is 0 Å². The van der Waals surface area contributed by atoms with Crippen molar-refractivity contribution in [1.29, 1.82) is 0 Å². The Bertz CT molecular complexity index is 888. The minimum atomic E-state index is 0.0492. The number of amides is 1. The first kappa shape index (κ1) is 16.4. The molecule has 0 aliphatic carbocycles. The van der Waals surface area contributed by atoms with Crippen molar-refractivity contribution in [2.45, 2.75) is 19.3 Å². The van der Waals surface area contributed by atoms with Crippen molar-refractivity contribution in [3.63, 3.8) is 0 Å². The number of carbonyl (C=O) groups excluding carboxylic acids is 1. The van der Waals surface area contributed by atoms with Gasteiger partial charge in [-0.2, -0.15) is 0 Å². The molecule has 0 aromatic heterocycles. The van der Waals surface area contributed by atoms with Crippen LogP contribution >= 0.6 is 0 Å². The van der Waals surface area contributed by atoms with Gasteiger partial charge in [0.05, 0.1) is 0 Å². The molecular weight excluding hydrogens is 320 g/mol. The lowest BCUT2D eigenvalue weighted by atomic mass is 10.1. The average molecular weight is 342 g/mol. The van der Waals surface area contributed by atoms with E-state index in [9.17, 15) is 4.79 Å². The number of nitrogens with zero attached hydrogens (tertiary/aromatic N) is 1. The first-order valence-electron chi connectivity index (χ1n) is 9.09. The van der Waals surface area contributed by atoms with Crippen LogP contribution in [0.15, 0.2) is 78.9 Å². The normalized spacial score (nSPS) is 12.7. The number of fused-ring (bicyclic) bond motifs is 1. The second kappa shape index (κ2) is 7.44. The molecule has 3 nitrogen and oxygen atoms in total. The van der Waals surface area contributed by atoms with Gasteiger partial charge in [-0.15, -0.1) is 0 Å². The Hall–Kier alpha value is -3.07. The topological polar surface area (TPSA) is 32.3 Å². The number of aryl methyl sites for hydroxylation is 1. The van der Waals surface area contributed by atoms with E-state index in [0.717, 1.165) is 30.8 Å². The summed E-state index contributed by atoms with van der Waals surface area (Å²) in [6, 6.07) is 26.8. The molecule has 1 heterocycles. The van der Waals surface area contributed by atoms with Gasteiger partial charge < -0.3 is 10.2 Å². The maximum absolute atomic E-state index is 12.2. The summed E-state index contributed by atoms with van der Waals surface area (Å²) in [4.78, 5) is 14.5. The highest BCUT2D eigenvalue weighted by Crippen LogP contribution is 2.34. The van der Waals surface area contributed by atoms with E-state index in [0.29, 0.717) is 6.42 Å². The van der Waals surface area contributed by atoms with Crippen LogP contribution in [0.3, 0.4) is 0 Å². The van der Waals surface area contributed by atoms with Gasteiger partial charge in [-0.05, 0) is 54.3 Å². The molecule has 0 atom stereocenters. The highest BCUT2D eigenvalue weighted by atomic mass is 16.1. The number of para-hydroxylation sites is 1. The smallest absolute Gasteiger partial charge is 0.224 e. The fourth-order valence-corrected chi connectivity index (χ4v) is 3.46. The minimum absolute atomic E-state index is 0.0492. The summed E-state index contributed by atoms with van der Waals surface area (Å²) in [5.41, 5.74) is 5.88. The molecule has 0 saturated carbocycles. The summed E-state index contributed by atoms with van der Waals surface area (Å²) in [6.45, 7) is 1.00. The Morgan fingerprint density at radius 1 is 0.885 bits per heavy atom. The fourth-order valence-electron chi connectivity index (χ4n) is 3.46. The van der Waals surface area contributed by atoms with E-state index < -0.39 is 0 Å². The quantitative estimate of drug-likeness (QED) is 0.711. The van der Waals surface area contributed by atoms with Gasteiger partial charge in [0.1, 0.15) is 0 Å². The number of benzene rings is 3. The van der Waals surface area contributed by atoms with Crippen LogP contribution in [0.5, 0.6) is 0 Å². The number of hydrogen-bond donors (Lipinski definition) is 1. The zero-order valence-corrected chi connectivity index (χ0v) is 14.7. The molecule has 26 heavy (non-hydrogen) atoms. The lowest BCUT2D eigenvalue weighted by molar-refractivity contribution is -0.116. The second-order valence-corrected chi connectivity index (χ2v) is 6.61. The van der Waals surface area contributed by atoms with Gasteiger partial charge in [-0.25, -0.2) is 0 Å². The molecule has 1 amide bonds. The molecule has 1 N–H and O–H groups in total. The lowest BCUT2D eigenvalue weighted by Crippen LogP contribution is -2.14. The van der Waals surface area contributed by atoms with Crippen LogP contribution < -0.4 is 10.2 Å². The molecule has 1 aliphatic rings. The third-order valence-corrected chi connectivity index (χ3v) is 4.83. The SMILES string of the molecule is O=C(CCc1ccccc1)Nc1ccc(N2CCc3ccccc32)cc1. The largest absolute Gasteiger partial charge is 0.341 e. The number of hydrogen-bond acceptors (Lipinski definition) is 2. The van der Waals surface area contributed by atoms with Gasteiger partial charge in [0.25, 0.3) is 0 Å². The molecule has 0 unspecified atom stereocenters. The zero-order chi connectivity index (χ0) is 17.8. The van der Waals surface area contributed by atoms with Crippen molar-refractivity contribution in [3.8, 4) is 0 Å². The third kappa shape index (κ3) is 3.62. The van der Waals surface area contributed by atoms with Gasteiger partial charge in [0.2, 0.25) is 5.91 Å². The number of anilines is 3. The van der Waals surface area contributed by atoms with Gasteiger partial charge in [-0.1, -0.05) is 48.5 Å². The Kier molecular flexibility index (Phi) is 4.69. The molecule has 0 bridgehead atoms. The predicted molar refractivity (Wildman–Crippen MR) is 107 cm³/mol. The van der Waals surface area contributed by atoms with Gasteiger partial charge in [0, 0.05) is 30.0 Å². The Morgan fingerprint density at radius 2 is 1.62 bits per heavy atom. The van der Waals surface area contributed by atoms with Gasteiger partial charge >= 0.3 is 0 Å². The number of rotatable bonds is 5. The lowest BCUT2D eigenvalue weighted by Gasteiger charge is -2.20. The standard InChI is InChI=1S/C23H22N2O/c26-23(15-10-18-6-2-1-3-7-18)24-20-11-13-21(14-12-20)25-17-16-19-8-4-5-9-22(19)25/h1-9,11-14H,10,15-17H2,(H,24,26). The maximum Gasteiger partial charge on any atom is 0.224 e. The highest BCUT2D eigenvalue weighted by molar-refractivity contribution is 5.91. The number of nitrogens with one attached hydrogen (secondary N) is 1. The molecule has 0 fully saturated rings. The predicted octanol–water partition coefficient (Wildman–Crippen LogP) is 4.95. The van der Waals surface area contributed by atoms with Crippen LogP contribution in [0.2, 0.25) is 0 Å². The molecule has 0 spiro atoms. The van der Waals surface area contributed by atoms with Crippen molar-refractivity contribution in [2.75, 3.05) is 16.8 Å². The molecule has 1 aliphatic heterocycles. The molecule has 3 aromatic carbocycles. The molecule has 3 aromatic rings. The van der Waals surface area contributed by atoms with E-state index >= 15 is 0 Å². The molecular formula is C23H22N2O. The van der Waals surface area contributed by atoms with Gasteiger partial charge in [-0.3, -0.25) is 4.79 Å². The minimum Gasteiger partial charge on any atom is -0.341 e. The van der Waals surface area contributed by atoms with Crippen molar-refractivity contribution in [3.05, 3.63) is 90.0 Å². The summed E-state index contributed by atoms with van der Waals surface area (Å²) in [5, 5.41) is 2.99. The van der Waals surface area contributed by atoms with E-state index in [1.165, 1.54) is 16.8 Å². The number of carbonyl (C=O) groups is 1. The van der Waals surface area contributed by atoms with Crippen LogP contribution in [-0.2, 0) is 17.6 Å². The maximum atomic E-state index is 12.2.